The SMILES string of the molecule is COc1cc2[nH]cc(C=O)c2cn1.COc1cc2[nH]ccc2cn1.COc1cc2c(cn1)CCN2.COc1ccc(S(=O)(=O)n2cc(CCC(=O)O)c3cnc(OC)cc32)cc1.Clc1cc2c(cn1)CCN2.O=c1cc2c(c[nH]1)CCN2. The van der Waals surface area contributed by atoms with Crippen LogP contribution >= 0.6 is 11.6 Å². The Kier molecular flexibility index (Phi) is 19.6. The van der Waals surface area contributed by atoms with Gasteiger partial charge in [0, 0.05) is 151 Å². The number of carbonyl (C=O) groups is 2. The van der Waals surface area contributed by atoms with Crippen molar-refractivity contribution in [3.8, 4) is 29.3 Å². The summed E-state index contributed by atoms with van der Waals surface area (Å²) >= 11 is 5.67. The molecule has 0 amide bonds. The van der Waals surface area contributed by atoms with E-state index in [0.29, 0.717) is 50.6 Å². The molecular weight excluding hydrogens is 1100 g/mol. The van der Waals surface area contributed by atoms with Gasteiger partial charge in [0.2, 0.25) is 29.1 Å². The Bertz CT molecular complexity index is 4000. The molecule has 12 heterocycles. The molecule has 0 bridgehead atoms. The van der Waals surface area contributed by atoms with Gasteiger partial charge in [0.1, 0.15) is 10.9 Å². The molecule has 25 heteroatoms. The number of rotatable bonds is 11. The lowest BCUT2D eigenvalue weighted by molar-refractivity contribution is -0.136. The highest BCUT2D eigenvalue weighted by Crippen LogP contribution is 2.30. The number of H-pyrrole nitrogens is 3. The van der Waals surface area contributed by atoms with E-state index in [-0.39, 0.29) is 29.2 Å². The molecule has 0 radical (unpaired) electrons. The molecule has 0 saturated carbocycles. The lowest BCUT2D eigenvalue weighted by Gasteiger charge is -2.09. The third-order valence-corrected chi connectivity index (χ3v) is 14.8. The number of fused-ring (bicyclic) bond motifs is 6. The molecule has 0 spiro atoms. The number of aryl methyl sites for hydroxylation is 1. The Morgan fingerprint density at radius 2 is 1.22 bits per heavy atom. The summed E-state index contributed by atoms with van der Waals surface area (Å²) in [5.41, 5.74) is 10.5. The highest BCUT2D eigenvalue weighted by Gasteiger charge is 2.23. The molecular formula is C57H59ClN12O11S. The molecule has 10 aromatic rings. The lowest BCUT2D eigenvalue weighted by atomic mass is 10.1. The van der Waals surface area contributed by atoms with E-state index < -0.39 is 16.0 Å². The van der Waals surface area contributed by atoms with Crippen molar-refractivity contribution < 1.29 is 46.8 Å². The minimum atomic E-state index is -3.90. The largest absolute Gasteiger partial charge is 0.497 e. The number of anilines is 3. The number of benzene rings is 1. The van der Waals surface area contributed by atoms with E-state index in [0.717, 1.165) is 88.0 Å². The van der Waals surface area contributed by atoms with Gasteiger partial charge in [0.05, 0.1) is 57.0 Å². The first-order chi connectivity index (χ1) is 39.7. The number of hydrogen-bond acceptors (Lipinski definition) is 18. The quantitative estimate of drug-likeness (QED) is 0.0472. The maximum absolute atomic E-state index is 13.1. The van der Waals surface area contributed by atoms with Crippen LogP contribution in [0.25, 0.3) is 32.7 Å². The number of carboxylic acid groups (broad SMARTS) is 1. The summed E-state index contributed by atoms with van der Waals surface area (Å²) in [4.78, 5) is 61.2. The molecule has 82 heavy (non-hydrogen) atoms. The second-order valence-electron chi connectivity index (χ2n) is 18.0. The molecule has 0 unspecified atom stereocenters. The fourth-order valence-corrected chi connectivity index (χ4v) is 10.2. The van der Waals surface area contributed by atoms with E-state index in [4.69, 9.17) is 40.4 Å². The predicted molar refractivity (Wildman–Crippen MR) is 312 cm³/mol. The zero-order chi connectivity index (χ0) is 58.2. The standard InChI is InChI=1S/C18H18N2O6S.C9H8N2O2.C8H10N2O.C8H8N2O.C7H7ClN2.C7H8N2O/c1-25-13-4-6-14(7-5-13)27(23,24)20-11-12(3-8-18(21)22)15-10-19-17(26-2)9-16(15)20;1-13-9-2-8-7(4-11-9)6(5-12)3-10-8;2*1-11-8-4-7-6(5-10-8)2-3-9-7;8-7-3-6-5(4-10-7)1-2-9-6;10-7-3-6-5(4-9-7)1-2-8-6/h4-7,9-11H,3,8H2,1-2H3,(H,21,22);2-5,10H,1H3;4-5,9H,2-3H2,1H3;2-5,9H,1H3;3-4,9H,1-2H2;3-4,8H,1-2H2,(H,9,10). The van der Waals surface area contributed by atoms with Crippen molar-refractivity contribution in [3.05, 3.63) is 166 Å². The van der Waals surface area contributed by atoms with Gasteiger partial charge in [0.15, 0.2) is 6.29 Å². The summed E-state index contributed by atoms with van der Waals surface area (Å²) < 4.78 is 52.5. The lowest BCUT2D eigenvalue weighted by Crippen LogP contribution is -2.12. The van der Waals surface area contributed by atoms with Crippen LogP contribution < -0.4 is 45.2 Å². The third kappa shape index (κ3) is 14.6. The van der Waals surface area contributed by atoms with Crippen molar-refractivity contribution >= 4 is 83.7 Å². The van der Waals surface area contributed by atoms with Gasteiger partial charge in [-0.05, 0) is 84.3 Å². The van der Waals surface area contributed by atoms with Crippen LogP contribution in [0.5, 0.6) is 29.3 Å². The normalized spacial score (nSPS) is 12.2. The number of aliphatic carboxylic acids is 1. The summed E-state index contributed by atoms with van der Waals surface area (Å²) in [5, 5.41) is 21.6. The zero-order valence-corrected chi connectivity index (χ0v) is 46.9. The number of methoxy groups -OCH3 is 5. The van der Waals surface area contributed by atoms with E-state index in [2.05, 4.69) is 55.8 Å². The van der Waals surface area contributed by atoms with Gasteiger partial charge in [-0.2, -0.15) is 0 Å². The van der Waals surface area contributed by atoms with Gasteiger partial charge >= 0.3 is 5.97 Å². The van der Waals surface area contributed by atoms with Crippen LogP contribution in [-0.2, 0) is 40.5 Å². The minimum Gasteiger partial charge on any atom is -0.497 e. The average molecular weight is 1160 g/mol. The van der Waals surface area contributed by atoms with E-state index in [1.807, 2.05) is 42.9 Å². The molecule has 23 nitrogen and oxygen atoms in total. The summed E-state index contributed by atoms with van der Waals surface area (Å²) in [7, 11) is 3.82. The molecule has 9 aromatic heterocycles. The van der Waals surface area contributed by atoms with Crippen molar-refractivity contribution in [2.75, 3.05) is 71.1 Å². The number of carbonyl (C=O) groups excluding carboxylic acids is 1. The van der Waals surface area contributed by atoms with Crippen LogP contribution in [-0.4, -0.2) is 125 Å². The van der Waals surface area contributed by atoms with E-state index in [9.17, 15) is 22.8 Å². The van der Waals surface area contributed by atoms with Crippen molar-refractivity contribution in [1.82, 2.24) is 43.8 Å². The summed E-state index contributed by atoms with van der Waals surface area (Å²) in [6.07, 6.45) is 19.4. The number of halogens is 1. The number of nitrogens with zero attached hydrogens (tertiary/aromatic N) is 6. The van der Waals surface area contributed by atoms with Crippen LogP contribution in [0.1, 0.15) is 39.0 Å². The molecule has 426 valence electrons. The van der Waals surface area contributed by atoms with Crippen molar-refractivity contribution in [2.45, 2.75) is 37.0 Å². The molecule has 0 aliphatic carbocycles. The summed E-state index contributed by atoms with van der Waals surface area (Å²) in [5.74, 6) is 1.69. The molecule has 0 saturated heterocycles. The van der Waals surface area contributed by atoms with Crippen LogP contribution in [0.4, 0.5) is 17.1 Å². The van der Waals surface area contributed by atoms with Gasteiger partial charge < -0.3 is 59.7 Å². The number of aldehydes is 1. The highest BCUT2D eigenvalue weighted by atomic mass is 35.5. The second-order valence-corrected chi connectivity index (χ2v) is 20.2. The highest BCUT2D eigenvalue weighted by molar-refractivity contribution is 7.90. The van der Waals surface area contributed by atoms with Crippen LogP contribution in [0.15, 0.2) is 132 Å². The smallest absolute Gasteiger partial charge is 0.303 e. The maximum atomic E-state index is 13.1. The van der Waals surface area contributed by atoms with E-state index >= 15 is 0 Å². The minimum absolute atomic E-state index is 0.0341. The number of aromatic nitrogens is 9. The molecule has 1 aromatic carbocycles. The molecule has 3 aliphatic rings. The van der Waals surface area contributed by atoms with Crippen LogP contribution in [0.2, 0.25) is 5.15 Å². The zero-order valence-electron chi connectivity index (χ0n) is 45.3. The maximum Gasteiger partial charge on any atom is 0.303 e. The van der Waals surface area contributed by atoms with Gasteiger partial charge in [0.25, 0.3) is 10.0 Å². The van der Waals surface area contributed by atoms with E-state index in [1.165, 1.54) is 61.5 Å². The van der Waals surface area contributed by atoms with Gasteiger partial charge in [-0.25, -0.2) is 37.3 Å². The van der Waals surface area contributed by atoms with Crippen molar-refractivity contribution in [3.63, 3.8) is 0 Å². The van der Waals surface area contributed by atoms with Gasteiger partial charge in [-0.15, -0.1) is 0 Å². The summed E-state index contributed by atoms with van der Waals surface area (Å²) in [6, 6.07) is 18.5. The van der Waals surface area contributed by atoms with Crippen molar-refractivity contribution in [2.24, 2.45) is 0 Å². The number of carboxylic acids is 1. The van der Waals surface area contributed by atoms with Crippen LogP contribution in [0, 0.1) is 0 Å². The topological polar surface area (TPSA) is 305 Å². The molecule has 0 fully saturated rings. The average Bonchev–Trinajstić information content (AvgIpc) is 4.20. The predicted octanol–water partition coefficient (Wildman–Crippen LogP) is 8.37. The number of nitrogens with one attached hydrogen (secondary N) is 6. The second kappa shape index (κ2) is 27.5. The van der Waals surface area contributed by atoms with Gasteiger partial charge in [-0.1, -0.05) is 11.6 Å². The number of pyridine rings is 6. The summed E-state index contributed by atoms with van der Waals surface area (Å²) in [6.45, 7) is 2.98. The number of ether oxygens (including phenoxy) is 5. The Hall–Kier alpha value is -9.68. The molecule has 0 atom stereocenters. The molecule has 3 aliphatic heterocycles. The Morgan fingerprint density at radius 1 is 0.646 bits per heavy atom. The Balaban J connectivity index is 0.000000136. The molecule has 7 N–H and O–H groups in total. The van der Waals surface area contributed by atoms with Gasteiger partial charge in [-0.3, -0.25) is 14.4 Å². The monoisotopic (exact) mass is 1150 g/mol. The first-order valence-electron chi connectivity index (χ1n) is 25.4. The first kappa shape index (κ1) is 58.5. The van der Waals surface area contributed by atoms with Crippen LogP contribution in [0.3, 0.4) is 0 Å². The third-order valence-electron chi connectivity index (χ3n) is 12.9. The number of aromatic amines is 3. The van der Waals surface area contributed by atoms with E-state index in [1.54, 1.807) is 70.4 Å². The Morgan fingerprint density at radius 3 is 1.87 bits per heavy atom. The number of hydrogen-bond donors (Lipinski definition) is 7. The fourth-order valence-electron chi connectivity index (χ4n) is 8.64. The Labute approximate surface area is 475 Å². The van der Waals surface area contributed by atoms with Crippen molar-refractivity contribution in [1.29, 1.82) is 0 Å². The fraction of sp³-hybridized carbons (Fsp3) is 0.228. The molecule has 13 rings (SSSR count). The first-order valence-corrected chi connectivity index (χ1v) is 27.2.